The van der Waals surface area contributed by atoms with Crippen molar-refractivity contribution >= 4 is 23.3 Å². The number of anilines is 2. The average Bonchev–Trinajstić information content (AvgIpc) is 3.07. The molecule has 1 fully saturated rings. The van der Waals surface area contributed by atoms with E-state index in [1.165, 1.54) is 6.33 Å². The van der Waals surface area contributed by atoms with E-state index in [0.29, 0.717) is 31.7 Å². The Kier molecular flexibility index (Phi) is 4.46. The van der Waals surface area contributed by atoms with Crippen molar-refractivity contribution < 1.29 is 9.59 Å². The second kappa shape index (κ2) is 6.86. The lowest BCUT2D eigenvalue weighted by molar-refractivity contribution is -0.120. The first-order chi connectivity index (χ1) is 11.2. The number of piperazine rings is 1. The highest BCUT2D eigenvalue weighted by Crippen LogP contribution is 2.15. The van der Waals surface area contributed by atoms with Gasteiger partial charge >= 0.3 is 0 Å². The molecule has 9 nitrogen and oxygen atoms in total. The van der Waals surface area contributed by atoms with Gasteiger partial charge in [0, 0.05) is 19.5 Å². The van der Waals surface area contributed by atoms with Crippen molar-refractivity contribution in [2.24, 2.45) is 0 Å². The summed E-state index contributed by atoms with van der Waals surface area (Å²) in [4.78, 5) is 33.3. The lowest BCUT2D eigenvalue weighted by atomic mass is 10.3. The van der Waals surface area contributed by atoms with E-state index in [0.717, 1.165) is 12.4 Å². The Morgan fingerprint density at radius 2 is 2.30 bits per heavy atom. The zero-order chi connectivity index (χ0) is 16.1. The summed E-state index contributed by atoms with van der Waals surface area (Å²) < 4.78 is 1.60. The summed E-state index contributed by atoms with van der Waals surface area (Å²) in [7, 11) is 0. The van der Waals surface area contributed by atoms with Crippen molar-refractivity contribution in [3.63, 3.8) is 0 Å². The number of hydrogen-bond acceptors (Lipinski definition) is 6. The fraction of sp³-hybridized carbons (Fsp3) is 0.357. The second-order valence-electron chi connectivity index (χ2n) is 5.13. The topological polar surface area (TPSA) is 105 Å². The van der Waals surface area contributed by atoms with E-state index < -0.39 is 0 Å². The van der Waals surface area contributed by atoms with E-state index in [4.69, 9.17) is 0 Å². The van der Waals surface area contributed by atoms with Crippen LogP contribution >= 0.6 is 0 Å². The molecule has 120 valence electrons. The van der Waals surface area contributed by atoms with Crippen LogP contribution in [0.5, 0.6) is 0 Å². The number of carbonyl (C=O) groups is 2. The maximum Gasteiger partial charge on any atom is 0.239 e. The van der Waals surface area contributed by atoms with E-state index in [-0.39, 0.29) is 11.8 Å². The van der Waals surface area contributed by atoms with Gasteiger partial charge in [0.2, 0.25) is 11.8 Å². The minimum absolute atomic E-state index is 0.0106. The minimum Gasteiger partial charge on any atom is -0.353 e. The summed E-state index contributed by atoms with van der Waals surface area (Å²) >= 11 is 0. The molecular formula is C14H17N7O2. The number of aryl methyl sites for hydroxylation is 1. The maximum absolute atomic E-state index is 11.9. The highest BCUT2D eigenvalue weighted by atomic mass is 16.2. The highest BCUT2D eigenvalue weighted by molar-refractivity contribution is 5.90. The van der Waals surface area contributed by atoms with Crippen LogP contribution in [0.25, 0.3) is 0 Å². The Morgan fingerprint density at radius 3 is 3.00 bits per heavy atom. The van der Waals surface area contributed by atoms with Gasteiger partial charge in [0.25, 0.3) is 0 Å². The average molecular weight is 315 g/mol. The number of carbonyl (C=O) groups excluding carboxylic acids is 2. The molecule has 0 aromatic carbocycles. The number of nitrogens with zero attached hydrogens (tertiary/aromatic N) is 5. The van der Waals surface area contributed by atoms with Crippen LogP contribution in [0.3, 0.4) is 0 Å². The first kappa shape index (κ1) is 14.9. The molecular weight excluding hydrogens is 298 g/mol. The molecule has 9 heteroatoms. The van der Waals surface area contributed by atoms with Gasteiger partial charge in [0.15, 0.2) is 0 Å². The van der Waals surface area contributed by atoms with Crippen LogP contribution in [0, 0.1) is 0 Å². The largest absolute Gasteiger partial charge is 0.353 e. The van der Waals surface area contributed by atoms with Crippen molar-refractivity contribution in [2.75, 3.05) is 29.9 Å². The lowest BCUT2D eigenvalue weighted by Crippen LogP contribution is -2.48. The van der Waals surface area contributed by atoms with Crippen molar-refractivity contribution in [2.45, 2.75) is 13.0 Å². The Morgan fingerprint density at radius 1 is 1.39 bits per heavy atom. The van der Waals surface area contributed by atoms with Crippen molar-refractivity contribution in [1.29, 1.82) is 0 Å². The van der Waals surface area contributed by atoms with Gasteiger partial charge in [-0.15, -0.1) is 0 Å². The highest BCUT2D eigenvalue weighted by Gasteiger charge is 2.17. The molecule has 0 aliphatic carbocycles. The van der Waals surface area contributed by atoms with Gasteiger partial charge < -0.3 is 15.5 Å². The Hall–Kier alpha value is -2.97. The summed E-state index contributed by atoms with van der Waals surface area (Å²) in [6, 6.07) is 3.58. The number of hydrogen-bond donors (Lipinski definition) is 2. The second-order valence-corrected chi connectivity index (χ2v) is 5.13. The van der Waals surface area contributed by atoms with Gasteiger partial charge in [-0.1, -0.05) is 0 Å². The molecule has 3 rings (SSSR count). The number of rotatable bonds is 5. The third kappa shape index (κ3) is 4.02. The SMILES string of the molecule is O=C1CN(c2ccc(NC(=O)CCn3cncn3)cn2)CCN1. The third-order valence-corrected chi connectivity index (χ3v) is 3.43. The van der Waals surface area contributed by atoms with Crippen LogP contribution in [-0.2, 0) is 16.1 Å². The lowest BCUT2D eigenvalue weighted by Gasteiger charge is -2.27. The van der Waals surface area contributed by atoms with E-state index in [9.17, 15) is 9.59 Å². The third-order valence-electron chi connectivity index (χ3n) is 3.43. The molecule has 0 saturated carbocycles. The normalized spacial score (nSPS) is 14.4. The molecule has 0 radical (unpaired) electrons. The first-order valence-corrected chi connectivity index (χ1v) is 7.31. The summed E-state index contributed by atoms with van der Waals surface area (Å²) in [6.07, 6.45) is 4.90. The van der Waals surface area contributed by atoms with Crippen LogP contribution in [0.4, 0.5) is 11.5 Å². The molecule has 1 aliphatic rings. The molecule has 0 atom stereocenters. The van der Waals surface area contributed by atoms with E-state index in [2.05, 4.69) is 25.7 Å². The summed E-state index contributed by atoms with van der Waals surface area (Å²) in [6.45, 7) is 2.11. The molecule has 0 unspecified atom stereocenters. The van der Waals surface area contributed by atoms with Crippen LogP contribution in [0.15, 0.2) is 31.0 Å². The van der Waals surface area contributed by atoms with Crippen LogP contribution < -0.4 is 15.5 Å². The molecule has 0 bridgehead atoms. The maximum atomic E-state index is 11.9. The summed E-state index contributed by atoms with van der Waals surface area (Å²) in [5.41, 5.74) is 0.624. The van der Waals surface area contributed by atoms with Crippen molar-refractivity contribution in [3.8, 4) is 0 Å². The fourth-order valence-corrected chi connectivity index (χ4v) is 2.27. The zero-order valence-corrected chi connectivity index (χ0v) is 12.5. The molecule has 2 N–H and O–H groups in total. The quantitative estimate of drug-likeness (QED) is 0.780. The summed E-state index contributed by atoms with van der Waals surface area (Å²) in [5, 5.41) is 9.49. The van der Waals surface area contributed by atoms with Gasteiger partial charge in [-0.25, -0.2) is 9.97 Å². The Balaban J connectivity index is 1.52. The predicted octanol–water partition coefficient (Wildman–Crippen LogP) is -0.362. The number of nitrogens with one attached hydrogen (secondary N) is 2. The van der Waals surface area contributed by atoms with E-state index in [1.54, 1.807) is 29.3 Å². The van der Waals surface area contributed by atoms with Crippen LogP contribution in [0.2, 0.25) is 0 Å². The van der Waals surface area contributed by atoms with Crippen molar-refractivity contribution in [3.05, 3.63) is 31.0 Å². The molecule has 3 heterocycles. The monoisotopic (exact) mass is 315 g/mol. The first-order valence-electron chi connectivity index (χ1n) is 7.31. The van der Waals surface area contributed by atoms with Gasteiger partial charge in [-0.2, -0.15) is 5.10 Å². The van der Waals surface area contributed by atoms with Crippen LogP contribution in [0.1, 0.15) is 6.42 Å². The van der Waals surface area contributed by atoms with Gasteiger partial charge in [0.05, 0.1) is 25.0 Å². The smallest absolute Gasteiger partial charge is 0.239 e. The minimum atomic E-state index is -0.118. The Bertz CT molecular complexity index is 669. The standard InChI is InChI=1S/C14H17N7O2/c22-13(3-5-21-10-15-9-18-21)19-11-1-2-12(17-7-11)20-6-4-16-14(23)8-20/h1-2,7,9-10H,3-6,8H2,(H,16,23)(H,19,22). The Labute approximate surface area is 132 Å². The van der Waals surface area contributed by atoms with Gasteiger partial charge in [0.1, 0.15) is 18.5 Å². The molecule has 1 aliphatic heterocycles. The zero-order valence-electron chi connectivity index (χ0n) is 12.5. The molecule has 2 aromatic heterocycles. The predicted molar refractivity (Wildman–Crippen MR) is 82.7 cm³/mol. The summed E-state index contributed by atoms with van der Waals surface area (Å²) in [5.74, 6) is 0.594. The molecule has 0 spiro atoms. The molecule has 2 aromatic rings. The van der Waals surface area contributed by atoms with E-state index >= 15 is 0 Å². The van der Waals surface area contributed by atoms with Gasteiger partial charge in [-0.3, -0.25) is 14.3 Å². The van der Waals surface area contributed by atoms with Crippen molar-refractivity contribution in [1.82, 2.24) is 25.1 Å². The number of amides is 2. The van der Waals surface area contributed by atoms with E-state index in [1.807, 2.05) is 4.90 Å². The number of aromatic nitrogens is 4. The van der Waals surface area contributed by atoms with Gasteiger partial charge in [-0.05, 0) is 12.1 Å². The molecule has 23 heavy (non-hydrogen) atoms. The number of pyridine rings is 1. The molecule has 2 amide bonds. The fourth-order valence-electron chi connectivity index (χ4n) is 2.27. The molecule has 1 saturated heterocycles. The van der Waals surface area contributed by atoms with Crippen LogP contribution in [-0.4, -0.2) is 51.2 Å².